The SMILES string of the molecule is Cc1ccc(N(C)C(=O)[C@@H]2C[C@H]2c2ccc(OC(F)F)cc2)nn1. The number of carbonyl (C=O) groups is 1. The topological polar surface area (TPSA) is 55.3 Å². The summed E-state index contributed by atoms with van der Waals surface area (Å²) in [6.45, 7) is -1.01. The number of aromatic nitrogens is 2. The van der Waals surface area contributed by atoms with Crippen molar-refractivity contribution in [3.63, 3.8) is 0 Å². The zero-order valence-electron chi connectivity index (χ0n) is 13.3. The van der Waals surface area contributed by atoms with Gasteiger partial charge >= 0.3 is 6.61 Å². The first-order valence-electron chi connectivity index (χ1n) is 7.58. The average molecular weight is 333 g/mol. The fraction of sp³-hybridized carbons (Fsp3) is 0.353. The van der Waals surface area contributed by atoms with Crippen molar-refractivity contribution in [1.82, 2.24) is 10.2 Å². The molecule has 0 radical (unpaired) electrons. The smallest absolute Gasteiger partial charge is 0.387 e. The van der Waals surface area contributed by atoms with Crippen molar-refractivity contribution in [3.8, 4) is 5.75 Å². The van der Waals surface area contributed by atoms with Gasteiger partial charge in [0.05, 0.1) is 5.69 Å². The van der Waals surface area contributed by atoms with Crippen molar-refractivity contribution in [2.75, 3.05) is 11.9 Å². The van der Waals surface area contributed by atoms with Gasteiger partial charge < -0.3 is 4.74 Å². The van der Waals surface area contributed by atoms with E-state index in [1.165, 1.54) is 17.0 Å². The van der Waals surface area contributed by atoms with Gasteiger partial charge in [-0.1, -0.05) is 12.1 Å². The van der Waals surface area contributed by atoms with E-state index in [1.807, 2.05) is 6.92 Å². The maximum Gasteiger partial charge on any atom is 0.387 e. The highest BCUT2D eigenvalue weighted by Gasteiger charge is 2.45. The lowest BCUT2D eigenvalue weighted by atomic mass is 10.1. The molecule has 1 fully saturated rings. The largest absolute Gasteiger partial charge is 0.435 e. The van der Waals surface area contributed by atoms with Gasteiger partial charge in [0.2, 0.25) is 5.91 Å². The lowest BCUT2D eigenvalue weighted by Crippen LogP contribution is -2.29. The molecule has 24 heavy (non-hydrogen) atoms. The normalized spacial score (nSPS) is 19.2. The fourth-order valence-corrected chi connectivity index (χ4v) is 2.67. The second-order valence-electron chi connectivity index (χ2n) is 5.83. The maximum absolute atomic E-state index is 12.5. The lowest BCUT2D eigenvalue weighted by molar-refractivity contribution is -0.119. The molecule has 1 aromatic heterocycles. The minimum atomic E-state index is -2.84. The average Bonchev–Trinajstić information content (AvgIpc) is 3.35. The number of halogens is 2. The molecule has 5 nitrogen and oxygen atoms in total. The number of aryl methyl sites for hydroxylation is 1. The summed E-state index contributed by atoms with van der Waals surface area (Å²) in [5.41, 5.74) is 1.73. The number of ether oxygens (including phenoxy) is 1. The van der Waals surface area contributed by atoms with Crippen molar-refractivity contribution in [2.24, 2.45) is 5.92 Å². The molecule has 1 aromatic carbocycles. The molecule has 7 heteroatoms. The zero-order chi connectivity index (χ0) is 17.3. The standard InChI is InChI=1S/C17H17F2N3O2/c1-10-3-8-15(21-20-10)22(2)16(23)14-9-13(14)11-4-6-12(7-5-11)24-17(18)19/h3-8,13-14,17H,9H2,1-2H3/t13-,14+/m0/s1. The monoisotopic (exact) mass is 333 g/mol. The van der Waals surface area contributed by atoms with E-state index in [1.54, 1.807) is 31.3 Å². The van der Waals surface area contributed by atoms with E-state index >= 15 is 0 Å². The molecular weight excluding hydrogens is 316 g/mol. The van der Waals surface area contributed by atoms with Gasteiger partial charge in [0, 0.05) is 13.0 Å². The Hall–Kier alpha value is -2.57. The molecular formula is C17H17F2N3O2. The van der Waals surface area contributed by atoms with Crippen LogP contribution in [0.2, 0.25) is 0 Å². The number of anilines is 1. The van der Waals surface area contributed by atoms with Gasteiger partial charge in [-0.15, -0.1) is 5.10 Å². The Balaban J connectivity index is 1.63. The van der Waals surface area contributed by atoms with E-state index in [0.29, 0.717) is 5.82 Å². The van der Waals surface area contributed by atoms with Crippen LogP contribution in [0.1, 0.15) is 23.6 Å². The molecule has 0 bridgehead atoms. The summed E-state index contributed by atoms with van der Waals surface area (Å²) in [5, 5.41) is 7.97. The number of amides is 1. The number of rotatable bonds is 5. The minimum absolute atomic E-state index is 0.0222. The predicted molar refractivity (Wildman–Crippen MR) is 84.1 cm³/mol. The van der Waals surface area contributed by atoms with Crippen LogP contribution >= 0.6 is 0 Å². The number of carbonyl (C=O) groups excluding carboxylic acids is 1. The highest BCUT2D eigenvalue weighted by molar-refractivity contribution is 5.96. The molecule has 1 saturated carbocycles. The minimum Gasteiger partial charge on any atom is -0.435 e. The Bertz CT molecular complexity index is 720. The van der Waals surface area contributed by atoms with Gasteiger partial charge in [0.1, 0.15) is 5.75 Å². The summed E-state index contributed by atoms with van der Waals surface area (Å²) >= 11 is 0. The van der Waals surface area contributed by atoms with Crippen molar-refractivity contribution < 1.29 is 18.3 Å². The molecule has 0 saturated heterocycles. The highest BCUT2D eigenvalue weighted by atomic mass is 19.3. The Morgan fingerprint density at radius 2 is 1.92 bits per heavy atom. The summed E-state index contributed by atoms with van der Waals surface area (Å²) < 4.78 is 28.6. The van der Waals surface area contributed by atoms with Gasteiger partial charge in [-0.3, -0.25) is 9.69 Å². The zero-order valence-corrected chi connectivity index (χ0v) is 13.3. The molecule has 0 aliphatic heterocycles. The van der Waals surface area contributed by atoms with Crippen LogP contribution in [0.15, 0.2) is 36.4 Å². The maximum atomic E-state index is 12.5. The summed E-state index contributed by atoms with van der Waals surface area (Å²) in [5.74, 6) is 0.575. The molecule has 0 spiro atoms. The third-order valence-electron chi connectivity index (χ3n) is 4.10. The van der Waals surface area contributed by atoms with Gasteiger partial charge in [0.25, 0.3) is 0 Å². The second-order valence-corrected chi connectivity index (χ2v) is 5.83. The molecule has 3 rings (SSSR count). The predicted octanol–water partition coefficient (Wildman–Crippen LogP) is 3.15. The number of alkyl halides is 2. The molecule has 0 unspecified atom stereocenters. The van der Waals surface area contributed by atoms with Crippen LogP contribution in [-0.4, -0.2) is 29.8 Å². The van der Waals surface area contributed by atoms with E-state index in [2.05, 4.69) is 14.9 Å². The van der Waals surface area contributed by atoms with Crippen LogP contribution in [0.4, 0.5) is 14.6 Å². The summed E-state index contributed by atoms with van der Waals surface area (Å²) in [6.07, 6.45) is 0.734. The van der Waals surface area contributed by atoms with Crippen molar-refractivity contribution >= 4 is 11.7 Å². The van der Waals surface area contributed by atoms with Crippen LogP contribution in [0.3, 0.4) is 0 Å². The first kappa shape index (κ1) is 16.3. The Morgan fingerprint density at radius 1 is 1.21 bits per heavy atom. The molecule has 1 aliphatic carbocycles. The quantitative estimate of drug-likeness (QED) is 0.843. The lowest BCUT2D eigenvalue weighted by Gasteiger charge is -2.15. The molecule has 2 atom stereocenters. The van der Waals surface area contributed by atoms with E-state index < -0.39 is 6.61 Å². The van der Waals surface area contributed by atoms with Gasteiger partial charge in [-0.2, -0.15) is 13.9 Å². The third-order valence-corrected chi connectivity index (χ3v) is 4.10. The third kappa shape index (κ3) is 3.50. The van der Waals surface area contributed by atoms with E-state index in [0.717, 1.165) is 17.7 Å². The summed E-state index contributed by atoms with van der Waals surface area (Å²) in [4.78, 5) is 14.0. The number of hydrogen-bond acceptors (Lipinski definition) is 4. The highest BCUT2D eigenvalue weighted by Crippen LogP contribution is 2.48. The first-order valence-corrected chi connectivity index (χ1v) is 7.58. The van der Waals surface area contributed by atoms with Crippen LogP contribution in [0.5, 0.6) is 5.75 Å². The van der Waals surface area contributed by atoms with Crippen LogP contribution in [0.25, 0.3) is 0 Å². The number of hydrogen-bond donors (Lipinski definition) is 0. The van der Waals surface area contributed by atoms with Crippen molar-refractivity contribution in [1.29, 1.82) is 0 Å². The van der Waals surface area contributed by atoms with Crippen molar-refractivity contribution in [2.45, 2.75) is 25.9 Å². The number of benzene rings is 1. The van der Waals surface area contributed by atoms with Crippen molar-refractivity contribution in [3.05, 3.63) is 47.7 Å². The van der Waals surface area contributed by atoms with E-state index in [9.17, 15) is 13.6 Å². The fourth-order valence-electron chi connectivity index (χ4n) is 2.67. The second kappa shape index (κ2) is 6.51. The molecule has 2 aromatic rings. The molecule has 1 amide bonds. The van der Waals surface area contributed by atoms with Crippen LogP contribution in [-0.2, 0) is 4.79 Å². The van der Waals surface area contributed by atoms with E-state index in [-0.39, 0.29) is 23.5 Å². The van der Waals surface area contributed by atoms with E-state index in [4.69, 9.17) is 0 Å². The Kier molecular flexibility index (Phi) is 4.42. The van der Waals surface area contributed by atoms with Crippen LogP contribution in [0, 0.1) is 12.8 Å². The Morgan fingerprint density at radius 3 is 2.50 bits per heavy atom. The van der Waals surface area contributed by atoms with Gasteiger partial charge in [-0.05, 0) is 49.1 Å². The Labute approximate surface area is 138 Å². The number of nitrogens with zero attached hydrogens (tertiary/aromatic N) is 3. The molecule has 1 heterocycles. The van der Waals surface area contributed by atoms with Gasteiger partial charge in [0.15, 0.2) is 5.82 Å². The van der Waals surface area contributed by atoms with Crippen LogP contribution < -0.4 is 9.64 Å². The summed E-state index contributed by atoms with van der Waals surface area (Å²) in [6, 6.07) is 10.0. The summed E-state index contributed by atoms with van der Waals surface area (Å²) in [7, 11) is 1.68. The molecule has 126 valence electrons. The van der Waals surface area contributed by atoms with Gasteiger partial charge in [-0.25, -0.2) is 0 Å². The molecule has 0 N–H and O–H groups in total. The first-order chi connectivity index (χ1) is 11.5. The molecule has 1 aliphatic rings.